The van der Waals surface area contributed by atoms with Crippen LogP contribution in [-0.2, 0) is 28.7 Å². The standard InChI is InChI=1S/C39H42BrN3O7/c1-3-5-16-31(45)41-24-30(26-13-7-6-8-14-26)49-38(48)32-33-36(46)43(20-11-21-44)35(39(33)23-29(40)34(32)50-39)37(47)42(19-4-2)28-18-17-25-12-9-10-15-27(25)22-28/h3-4,6-10,12-15,17-18,22,29-30,32-35,44H,1-2,5,11,16,19-21,23-24H2,(H,41,45)/t29?,30-,32-,33+,34-,35-,39+/m1/s1. The van der Waals surface area contributed by atoms with Gasteiger partial charge in [-0.3, -0.25) is 19.2 Å². The highest BCUT2D eigenvalue weighted by molar-refractivity contribution is 9.09. The van der Waals surface area contributed by atoms with Crippen molar-refractivity contribution in [3.05, 3.63) is 104 Å². The van der Waals surface area contributed by atoms with Gasteiger partial charge in [0.25, 0.3) is 5.91 Å². The molecular formula is C39H42BrN3O7. The van der Waals surface area contributed by atoms with Crippen molar-refractivity contribution in [3.63, 3.8) is 0 Å². The second-order valence-electron chi connectivity index (χ2n) is 13.0. The number of esters is 1. The molecule has 0 radical (unpaired) electrons. The molecule has 3 fully saturated rings. The average Bonchev–Trinajstić information content (AvgIpc) is 3.73. The van der Waals surface area contributed by atoms with E-state index in [1.165, 1.54) is 4.90 Å². The highest BCUT2D eigenvalue weighted by Gasteiger charge is 2.77. The topological polar surface area (TPSA) is 125 Å². The molecule has 3 aliphatic heterocycles. The fraction of sp³-hybridized carbons (Fsp3) is 0.385. The lowest BCUT2D eigenvalue weighted by molar-refractivity contribution is -0.160. The Kier molecular flexibility index (Phi) is 10.9. The van der Waals surface area contributed by atoms with Crippen molar-refractivity contribution in [2.24, 2.45) is 11.8 Å². The second kappa shape index (κ2) is 15.3. The Morgan fingerprint density at radius 1 is 1.08 bits per heavy atom. The first-order chi connectivity index (χ1) is 24.2. The number of nitrogens with zero attached hydrogens (tertiary/aromatic N) is 2. The van der Waals surface area contributed by atoms with Crippen molar-refractivity contribution in [2.45, 2.75) is 54.4 Å². The number of allylic oxidation sites excluding steroid dienone is 1. The summed E-state index contributed by atoms with van der Waals surface area (Å²) in [6.07, 6.45) is 3.09. The molecule has 3 heterocycles. The van der Waals surface area contributed by atoms with Crippen LogP contribution in [0.4, 0.5) is 5.69 Å². The number of anilines is 1. The van der Waals surface area contributed by atoms with Gasteiger partial charge in [-0.15, -0.1) is 13.2 Å². The van der Waals surface area contributed by atoms with E-state index in [1.807, 2.05) is 72.8 Å². The molecule has 7 atom stereocenters. The van der Waals surface area contributed by atoms with E-state index in [0.29, 0.717) is 24.1 Å². The molecule has 262 valence electrons. The number of ether oxygens (including phenoxy) is 2. The van der Waals surface area contributed by atoms with Crippen LogP contribution >= 0.6 is 15.9 Å². The smallest absolute Gasteiger partial charge is 0.313 e. The van der Waals surface area contributed by atoms with Crippen molar-refractivity contribution in [1.82, 2.24) is 10.2 Å². The summed E-state index contributed by atoms with van der Waals surface area (Å²) >= 11 is 3.72. The molecule has 1 spiro atoms. The maximum absolute atomic E-state index is 14.9. The summed E-state index contributed by atoms with van der Waals surface area (Å²) in [5, 5.41) is 14.6. The van der Waals surface area contributed by atoms with Crippen LogP contribution in [-0.4, -0.2) is 82.5 Å². The van der Waals surface area contributed by atoms with E-state index >= 15 is 0 Å². The first kappa shape index (κ1) is 35.5. The van der Waals surface area contributed by atoms with E-state index < -0.39 is 41.7 Å². The molecule has 0 saturated carbocycles. The normalized spacial score (nSPS) is 25.6. The summed E-state index contributed by atoms with van der Waals surface area (Å²) < 4.78 is 12.8. The molecule has 2 N–H and O–H groups in total. The summed E-state index contributed by atoms with van der Waals surface area (Å²) in [4.78, 5) is 58.8. The lowest BCUT2D eigenvalue weighted by Gasteiger charge is -2.37. The number of hydrogen-bond acceptors (Lipinski definition) is 7. The minimum Gasteiger partial charge on any atom is -0.455 e. The molecule has 6 rings (SSSR count). The number of halogens is 1. The number of benzene rings is 3. The van der Waals surface area contributed by atoms with Crippen molar-refractivity contribution in [2.75, 3.05) is 31.1 Å². The van der Waals surface area contributed by atoms with Crippen LogP contribution in [0, 0.1) is 11.8 Å². The van der Waals surface area contributed by atoms with Gasteiger partial charge >= 0.3 is 5.97 Å². The van der Waals surface area contributed by atoms with Gasteiger partial charge in [0.1, 0.15) is 17.7 Å². The van der Waals surface area contributed by atoms with Crippen LogP contribution in [0.15, 0.2) is 98.1 Å². The summed E-state index contributed by atoms with van der Waals surface area (Å²) in [5.41, 5.74) is 0.0106. The van der Waals surface area contributed by atoms with Gasteiger partial charge in [0, 0.05) is 36.6 Å². The number of aliphatic hydroxyl groups is 1. The maximum atomic E-state index is 14.9. The number of amides is 3. The Morgan fingerprint density at radius 3 is 2.54 bits per heavy atom. The van der Waals surface area contributed by atoms with E-state index in [9.17, 15) is 24.3 Å². The SMILES string of the molecule is C=CCCC(=O)NC[C@@H](OC(=O)[C@H]1[C@@H]2O[C@@]3(CC2Br)[C@@H]1C(=O)N(CCCO)[C@@H]3C(=O)N(CC=C)c1ccc2ccccc2c1)c1ccccc1. The van der Waals surface area contributed by atoms with Crippen molar-refractivity contribution in [3.8, 4) is 0 Å². The first-order valence-corrected chi connectivity index (χ1v) is 17.9. The zero-order chi connectivity index (χ0) is 35.4. The number of nitrogens with one attached hydrogen (secondary N) is 1. The van der Waals surface area contributed by atoms with E-state index in [2.05, 4.69) is 34.4 Å². The van der Waals surface area contributed by atoms with Crippen LogP contribution in [0.2, 0.25) is 0 Å². The minimum absolute atomic E-state index is 0.0392. The largest absolute Gasteiger partial charge is 0.455 e. The van der Waals surface area contributed by atoms with Crippen molar-refractivity contribution in [1.29, 1.82) is 0 Å². The molecule has 3 saturated heterocycles. The van der Waals surface area contributed by atoms with Crippen molar-refractivity contribution >= 4 is 56.1 Å². The molecule has 3 aromatic carbocycles. The Balaban J connectivity index is 1.33. The molecule has 2 bridgehead atoms. The number of fused-ring (bicyclic) bond motifs is 2. The molecule has 3 aromatic rings. The molecule has 0 aliphatic carbocycles. The second-order valence-corrected chi connectivity index (χ2v) is 14.2. The number of carbonyl (C=O) groups excluding carboxylic acids is 4. The summed E-state index contributed by atoms with van der Waals surface area (Å²) in [7, 11) is 0. The predicted molar refractivity (Wildman–Crippen MR) is 193 cm³/mol. The van der Waals surface area contributed by atoms with E-state index in [-0.39, 0.29) is 61.6 Å². The van der Waals surface area contributed by atoms with Crippen LogP contribution in [0.5, 0.6) is 0 Å². The third kappa shape index (κ3) is 6.61. The van der Waals surface area contributed by atoms with Gasteiger partial charge in [-0.05, 0) is 47.7 Å². The highest BCUT2D eigenvalue weighted by Crippen LogP contribution is 2.60. The molecule has 50 heavy (non-hydrogen) atoms. The van der Waals surface area contributed by atoms with Gasteiger partial charge in [-0.25, -0.2) is 0 Å². The van der Waals surface area contributed by atoms with Crippen molar-refractivity contribution < 1.29 is 33.8 Å². The maximum Gasteiger partial charge on any atom is 0.313 e. The average molecular weight is 745 g/mol. The Bertz CT molecular complexity index is 1770. The molecule has 1 unspecified atom stereocenters. The minimum atomic E-state index is -1.32. The number of rotatable bonds is 15. The fourth-order valence-corrected chi connectivity index (χ4v) is 8.69. The molecule has 0 aromatic heterocycles. The molecule has 10 nitrogen and oxygen atoms in total. The zero-order valence-electron chi connectivity index (χ0n) is 27.8. The predicted octanol–water partition coefficient (Wildman–Crippen LogP) is 4.86. The van der Waals surface area contributed by atoms with Crippen LogP contribution in [0.25, 0.3) is 10.8 Å². The van der Waals surface area contributed by atoms with Gasteiger partial charge in [0.05, 0.1) is 24.5 Å². The monoisotopic (exact) mass is 743 g/mol. The summed E-state index contributed by atoms with van der Waals surface area (Å²) in [6, 6.07) is 21.6. The molecule has 3 amide bonds. The van der Waals surface area contributed by atoms with E-state index in [4.69, 9.17) is 9.47 Å². The van der Waals surface area contributed by atoms with E-state index in [1.54, 1.807) is 17.1 Å². The number of alkyl halides is 1. The van der Waals surface area contributed by atoms with Gasteiger partial charge in [-0.2, -0.15) is 0 Å². The van der Waals surface area contributed by atoms with Gasteiger partial charge in [0.15, 0.2) is 0 Å². The highest BCUT2D eigenvalue weighted by atomic mass is 79.9. The number of aliphatic hydroxyl groups excluding tert-OH is 1. The Labute approximate surface area is 300 Å². The van der Waals surface area contributed by atoms with Crippen LogP contribution < -0.4 is 10.2 Å². The summed E-state index contributed by atoms with van der Waals surface area (Å²) in [6.45, 7) is 7.70. The summed E-state index contributed by atoms with van der Waals surface area (Å²) in [5.74, 6) is -3.57. The quantitative estimate of drug-likeness (QED) is 0.130. The third-order valence-corrected chi connectivity index (χ3v) is 10.8. The zero-order valence-corrected chi connectivity index (χ0v) is 29.4. The lowest BCUT2D eigenvalue weighted by Crippen LogP contribution is -2.57. The Morgan fingerprint density at radius 2 is 1.82 bits per heavy atom. The number of likely N-dealkylation sites (tertiary alicyclic amines) is 1. The number of carbonyl (C=O) groups is 4. The van der Waals surface area contributed by atoms with E-state index in [0.717, 1.165) is 10.8 Å². The number of hydrogen-bond donors (Lipinski definition) is 2. The first-order valence-electron chi connectivity index (χ1n) is 17.0. The Hall–Kier alpha value is -4.32. The van der Waals surface area contributed by atoms with Crippen LogP contribution in [0.1, 0.15) is 37.4 Å². The molecular weight excluding hydrogens is 702 g/mol. The van der Waals surface area contributed by atoms with Crippen LogP contribution in [0.3, 0.4) is 0 Å². The molecule has 11 heteroatoms. The van der Waals surface area contributed by atoms with Gasteiger partial charge in [-0.1, -0.05) is 88.7 Å². The lowest BCUT2D eigenvalue weighted by atomic mass is 9.70. The fourth-order valence-electron chi connectivity index (χ4n) is 7.75. The third-order valence-electron chi connectivity index (χ3n) is 9.96. The molecule has 3 aliphatic rings. The van der Waals surface area contributed by atoms with Gasteiger partial charge in [0.2, 0.25) is 11.8 Å². The van der Waals surface area contributed by atoms with Gasteiger partial charge < -0.3 is 29.7 Å².